The van der Waals surface area contributed by atoms with Gasteiger partial charge in [-0.1, -0.05) is 44.9 Å². The molecule has 0 spiro atoms. The zero-order valence-electron chi connectivity index (χ0n) is 12.1. The van der Waals surface area contributed by atoms with Gasteiger partial charge in [0.15, 0.2) is 14.6 Å². The summed E-state index contributed by atoms with van der Waals surface area (Å²) in [5.41, 5.74) is 1.52. The smallest absolute Gasteiger partial charge is 0.315 e. The molecule has 1 fully saturated rings. The van der Waals surface area contributed by atoms with Crippen LogP contribution in [0.1, 0.15) is 27.7 Å². The summed E-state index contributed by atoms with van der Waals surface area (Å²) in [7, 11) is -2.51. The van der Waals surface area contributed by atoms with Crippen molar-refractivity contribution in [3.05, 3.63) is 6.33 Å². The summed E-state index contributed by atoms with van der Waals surface area (Å²) in [4.78, 5) is 4.33. The standard InChI is InChI=1S/C12H25N3OSi2/c1-5-17(6-2)10-15(12-13-9-14-16-12)18(7-3,8-4)11-17/h9H,5-8,10-11H2,1-4H3. The molecular formula is C12H25N3OSi2. The molecule has 0 radical (unpaired) electrons. The lowest BCUT2D eigenvalue weighted by Gasteiger charge is -2.33. The Morgan fingerprint density at radius 3 is 2.28 bits per heavy atom. The van der Waals surface area contributed by atoms with Crippen molar-refractivity contribution in [2.45, 2.75) is 57.5 Å². The summed E-state index contributed by atoms with van der Waals surface area (Å²) in [5.74, 6) is 0. The molecule has 1 aliphatic heterocycles. The van der Waals surface area contributed by atoms with Gasteiger partial charge in [0.05, 0.1) is 8.07 Å². The van der Waals surface area contributed by atoms with Crippen molar-refractivity contribution in [1.29, 1.82) is 0 Å². The molecule has 1 saturated heterocycles. The maximum absolute atomic E-state index is 5.38. The van der Waals surface area contributed by atoms with E-state index in [1.54, 1.807) is 6.33 Å². The molecule has 4 nitrogen and oxygen atoms in total. The Kier molecular flexibility index (Phi) is 3.96. The molecular weight excluding hydrogens is 258 g/mol. The second-order valence-corrected chi connectivity index (χ2v) is 16.2. The van der Waals surface area contributed by atoms with Gasteiger partial charge in [-0.15, -0.1) is 0 Å². The lowest BCUT2D eigenvalue weighted by atomic mass is 10.9. The Balaban J connectivity index is 2.37. The molecule has 0 aromatic carbocycles. The Morgan fingerprint density at radius 2 is 1.83 bits per heavy atom. The van der Waals surface area contributed by atoms with Gasteiger partial charge in [-0.25, -0.2) is 0 Å². The second-order valence-electron chi connectivity index (χ2n) is 5.63. The molecule has 0 unspecified atom stereocenters. The monoisotopic (exact) mass is 283 g/mol. The minimum Gasteiger partial charge on any atom is -0.354 e. The number of aromatic nitrogens is 2. The van der Waals surface area contributed by atoms with Gasteiger partial charge in [0, 0.05) is 6.17 Å². The van der Waals surface area contributed by atoms with E-state index in [-0.39, 0.29) is 0 Å². The molecule has 1 aliphatic rings. The number of nitrogens with zero attached hydrogens (tertiary/aromatic N) is 3. The van der Waals surface area contributed by atoms with Gasteiger partial charge in [0.2, 0.25) is 0 Å². The van der Waals surface area contributed by atoms with Crippen LogP contribution in [0.3, 0.4) is 0 Å². The molecule has 1 aromatic rings. The van der Waals surface area contributed by atoms with E-state index in [9.17, 15) is 0 Å². The van der Waals surface area contributed by atoms with Gasteiger partial charge in [0.1, 0.15) is 0 Å². The lowest BCUT2D eigenvalue weighted by molar-refractivity contribution is 0.424. The van der Waals surface area contributed by atoms with Crippen LogP contribution in [0.25, 0.3) is 0 Å². The Hall–Kier alpha value is -0.626. The Labute approximate surface area is 112 Å². The van der Waals surface area contributed by atoms with Crippen LogP contribution in [0, 0.1) is 0 Å². The molecule has 0 N–H and O–H groups in total. The van der Waals surface area contributed by atoms with E-state index in [4.69, 9.17) is 4.52 Å². The van der Waals surface area contributed by atoms with Crippen LogP contribution >= 0.6 is 0 Å². The minimum absolute atomic E-state index is 0.793. The van der Waals surface area contributed by atoms with Gasteiger partial charge in [0.25, 0.3) is 0 Å². The first-order valence-electron chi connectivity index (χ1n) is 7.19. The van der Waals surface area contributed by atoms with Crippen LogP contribution in [0.2, 0.25) is 29.8 Å². The quantitative estimate of drug-likeness (QED) is 0.776. The van der Waals surface area contributed by atoms with Gasteiger partial charge < -0.3 is 9.09 Å². The summed E-state index contributed by atoms with van der Waals surface area (Å²) < 4.78 is 7.95. The third-order valence-electron chi connectivity index (χ3n) is 5.17. The molecule has 2 heterocycles. The Bertz CT molecular complexity index is 375. The highest BCUT2D eigenvalue weighted by Crippen LogP contribution is 2.42. The van der Waals surface area contributed by atoms with E-state index in [1.165, 1.54) is 36.0 Å². The van der Waals surface area contributed by atoms with E-state index >= 15 is 0 Å². The van der Waals surface area contributed by atoms with Crippen LogP contribution < -0.4 is 4.57 Å². The molecule has 2 rings (SSSR count). The van der Waals surface area contributed by atoms with E-state index < -0.39 is 16.3 Å². The average molecular weight is 284 g/mol. The van der Waals surface area contributed by atoms with Gasteiger partial charge in [-0.2, -0.15) is 4.98 Å². The summed E-state index contributed by atoms with van der Waals surface area (Å²) in [5, 5.41) is 3.81. The number of rotatable bonds is 5. The maximum Gasteiger partial charge on any atom is 0.315 e. The zero-order chi connectivity index (χ0) is 13.2. The molecule has 6 heteroatoms. The van der Waals surface area contributed by atoms with Gasteiger partial charge >= 0.3 is 6.01 Å². The van der Waals surface area contributed by atoms with Gasteiger partial charge in [-0.05, 0) is 17.8 Å². The second kappa shape index (κ2) is 5.16. The topological polar surface area (TPSA) is 42.2 Å². The van der Waals surface area contributed by atoms with Crippen molar-refractivity contribution in [2.24, 2.45) is 0 Å². The largest absolute Gasteiger partial charge is 0.354 e. The minimum atomic E-state index is -1.39. The molecule has 0 aliphatic carbocycles. The van der Waals surface area contributed by atoms with Crippen molar-refractivity contribution in [3.63, 3.8) is 0 Å². The highest BCUT2D eigenvalue weighted by molar-refractivity contribution is 7.03. The van der Waals surface area contributed by atoms with Crippen molar-refractivity contribution < 1.29 is 4.52 Å². The summed E-state index contributed by atoms with van der Waals surface area (Å²) in [6.07, 6.45) is 2.79. The normalized spacial score (nSPS) is 21.4. The van der Waals surface area contributed by atoms with Crippen LogP contribution in [0.4, 0.5) is 6.01 Å². The van der Waals surface area contributed by atoms with E-state index in [0.29, 0.717) is 0 Å². The number of hydrogen-bond donors (Lipinski definition) is 0. The highest BCUT2D eigenvalue weighted by Gasteiger charge is 2.54. The third-order valence-corrected chi connectivity index (χ3v) is 19.2. The van der Waals surface area contributed by atoms with Crippen LogP contribution in [0.15, 0.2) is 10.9 Å². The van der Waals surface area contributed by atoms with Crippen LogP contribution in [0.5, 0.6) is 0 Å². The fraction of sp³-hybridized carbons (Fsp3) is 0.833. The van der Waals surface area contributed by atoms with E-state index in [0.717, 1.165) is 6.01 Å². The summed E-state index contributed by atoms with van der Waals surface area (Å²) in [6, 6.07) is 6.19. The fourth-order valence-electron chi connectivity index (χ4n) is 3.51. The average Bonchev–Trinajstić information content (AvgIpc) is 3.05. The van der Waals surface area contributed by atoms with Crippen LogP contribution in [-0.4, -0.2) is 32.6 Å². The number of anilines is 1. The van der Waals surface area contributed by atoms with Gasteiger partial charge in [-0.3, -0.25) is 0 Å². The third kappa shape index (κ3) is 2.05. The van der Waals surface area contributed by atoms with E-state index in [2.05, 4.69) is 42.4 Å². The molecule has 0 amide bonds. The number of hydrogen-bond acceptors (Lipinski definition) is 4. The van der Waals surface area contributed by atoms with Crippen LogP contribution in [-0.2, 0) is 0 Å². The Morgan fingerprint density at radius 1 is 1.17 bits per heavy atom. The summed E-state index contributed by atoms with van der Waals surface area (Å²) in [6.45, 7) is 9.48. The predicted octanol–water partition coefficient (Wildman–Crippen LogP) is 3.44. The zero-order valence-corrected chi connectivity index (χ0v) is 14.1. The van der Waals surface area contributed by atoms with Crippen molar-refractivity contribution >= 4 is 22.3 Å². The molecule has 1 aromatic heterocycles. The molecule has 0 bridgehead atoms. The molecule has 102 valence electrons. The SMILES string of the molecule is CC[Si]1(CC)CN(c2ncno2)[Si](CC)(CC)C1. The molecule has 0 saturated carbocycles. The van der Waals surface area contributed by atoms with E-state index in [1.807, 2.05) is 0 Å². The first kappa shape index (κ1) is 13.8. The lowest BCUT2D eigenvalue weighted by Crippen LogP contribution is -2.48. The van der Waals surface area contributed by atoms with Crippen molar-refractivity contribution in [3.8, 4) is 0 Å². The first-order chi connectivity index (χ1) is 8.65. The summed E-state index contributed by atoms with van der Waals surface area (Å²) >= 11 is 0. The fourth-order valence-corrected chi connectivity index (χ4v) is 20.2. The van der Waals surface area contributed by atoms with Crippen molar-refractivity contribution in [2.75, 3.05) is 10.7 Å². The molecule has 18 heavy (non-hydrogen) atoms. The van der Waals surface area contributed by atoms with Crippen molar-refractivity contribution in [1.82, 2.24) is 10.1 Å². The molecule has 0 atom stereocenters. The first-order valence-corrected chi connectivity index (χ1v) is 12.6. The maximum atomic E-state index is 5.38. The highest BCUT2D eigenvalue weighted by atomic mass is 28.4. The predicted molar refractivity (Wildman–Crippen MR) is 79.9 cm³/mol.